The van der Waals surface area contributed by atoms with Crippen LogP contribution in [-0.4, -0.2) is 45.4 Å². The number of para-hydroxylation sites is 2. The van der Waals surface area contributed by atoms with E-state index in [1.54, 1.807) is 18.5 Å². The molecule has 2 fully saturated rings. The summed E-state index contributed by atoms with van der Waals surface area (Å²) in [5, 5.41) is 6.51. The third kappa shape index (κ3) is 4.61. The van der Waals surface area contributed by atoms with E-state index >= 15 is 0 Å². The fourth-order valence-electron chi connectivity index (χ4n) is 4.95. The molecule has 2 atom stereocenters. The molecular formula is C25H30N6O2. The lowest BCUT2D eigenvalue weighted by molar-refractivity contribution is -0.128. The smallest absolute Gasteiger partial charge is 0.248 e. The number of hydrogen-bond donors (Lipinski definition) is 3. The molecule has 2 aromatic heterocycles. The molecule has 33 heavy (non-hydrogen) atoms. The largest absolute Gasteiger partial charge is 0.351 e. The van der Waals surface area contributed by atoms with Crippen molar-refractivity contribution in [2.45, 2.75) is 63.1 Å². The minimum atomic E-state index is -0.865. The van der Waals surface area contributed by atoms with E-state index < -0.39 is 6.04 Å². The van der Waals surface area contributed by atoms with Crippen molar-refractivity contribution in [2.24, 2.45) is 0 Å². The Morgan fingerprint density at radius 1 is 1.03 bits per heavy atom. The van der Waals surface area contributed by atoms with Crippen LogP contribution in [-0.2, 0) is 9.59 Å². The highest BCUT2D eigenvalue weighted by Crippen LogP contribution is 2.30. The number of H-pyrrole nitrogens is 1. The number of rotatable bonds is 6. The van der Waals surface area contributed by atoms with Crippen molar-refractivity contribution in [2.75, 3.05) is 11.4 Å². The summed E-state index contributed by atoms with van der Waals surface area (Å²) in [5.41, 5.74) is 2.24. The number of carbonyl (C=O) groups excluding carboxylic acids is 2. The van der Waals surface area contributed by atoms with Crippen molar-refractivity contribution in [3.05, 3.63) is 54.4 Å². The number of anilines is 1. The number of fused-ring (bicyclic) bond motifs is 1. The molecule has 8 nitrogen and oxygen atoms in total. The molecule has 2 aliphatic rings. The standard InChI is InChI=1S/C25H30N6O2/c32-23(28-18-9-2-1-3-10-18)22(17-8-6-14-26-16-17)31(24(33)21-13-7-15-27-21)25-29-19-11-4-5-12-20(19)30-25/h4-6,8,11-12,14,16,18,21-22,27H,1-3,7,9-10,13,15H2,(H,28,32)(H,29,30)/t21-,22?/m1/s1. The molecule has 172 valence electrons. The first-order valence-electron chi connectivity index (χ1n) is 11.9. The molecule has 1 saturated heterocycles. The molecule has 3 N–H and O–H groups in total. The highest BCUT2D eigenvalue weighted by Gasteiger charge is 2.39. The van der Waals surface area contributed by atoms with Gasteiger partial charge >= 0.3 is 0 Å². The van der Waals surface area contributed by atoms with Crippen LogP contribution in [0.4, 0.5) is 5.95 Å². The van der Waals surface area contributed by atoms with Gasteiger partial charge in [-0.05, 0) is 50.4 Å². The molecule has 5 rings (SSSR count). The number of aromatic nitrogens is 3. The number of amides is 2. The van der Waals surface area contributed by atoms with Crippen LogP contribution in [0.2, 0.25) is 0 Å². The Hall–Kier alpha value is -3.26. The summed E-state index contributed by atoms with van der Waals surface area (Å²) in [7, 11) is 0. The van der Waals surface area contributed by atoms with E-state index in [1.807, 2.05) is 30.3 Å². The molecule has 1 aromatic carbocycles. The molecule has 3 aromatic rings. The molecule has 0 spiro atoms. The molecule has 1 saturated carbocycles. The van der Waals surface area contributed by atoms with Crippen molar-refractivity contribution in [1.82, 2.24) is 25.6 Å². The number of aromatic amines is 1. The van der Waals surface area contributed by atoms with Gasteiger partial charge in [-0.3, -0.25) is 19.5 Å². The molecule has 8 heteroatoms. The number of pyridine rings is 1. The van der Waals surface area contributed by atoms with Gasteiger partial charge in [-0.2, -0.15) is 0 Å². The van der Waals surface area contributed by atoms with E-state index in [0.29, 0.717) is 11.5 Å². The van der Waals surface area contributed by atoms with Crippen molar-refractivity contribution in [1.29, 1.82) is 0 Å². The van der Waals surface area contributed by atoms with E-state index in [2.05, 4.69) is 20.6 Å². The minimum Gasteiger partial charge on any atom is -0.351 e. The summed E-state index contributed by atoms with van der Waals surface area (Å²) in [4.78, 5) is 41.4. The van der Waals surface area contributed by atoms with E-state index in [1.165, 1.54) is 11.3 Å². The van der Waals surface area contributed by atoms with Crippen LogP contribution in [0.1, 0.15) is 56.6 Å². The van der Waals surface area contributed by atoms with Crippen LogP contribution in [0.15, 0.2) is 48.8 Å². The summed E-state index contributed by atoms with van der Waals surface area (Å²) in [6.45, 7) is 0.788. The summed E-state index contributed by atoms with van der Waals surface area (Å²) in [6, 6.07) is 10.2. The van der Waals surface area contributed by atoms with Crippen molar-refractivity contribution >= 4 is 28.8 Å². The number of carbonyl (C=O) groups is 2. The summed E-state index contributed by atoms with van der Waals surface area (Å²) >= 11 is 0. The van der Waals surface area contributed by atoms with Crippen LogP contribution in [0.25, 0.3) is 11.0 Å². The lowest BCUT2D eigenvalue weighted by atomic mass is 9.94. The zero-order valence-corrected chi connectivity index (χ0v) is 18.7. The maximum absolute atomic E-state index is 13.8. The van der Waals surface area contributed by atoms with Crippen LogP contribution in [0.5, 0.6) is 0 Å². The van der Waals surface area contributed by atoms with Gasteiger partial charge in [0.2, 0.25) is 17.8 Å². The van der Waals surface area contributed by atoms with Crippen molar-refractivity contribution < 1.29 is 9.59 Å². The number of hydrogen-bond acceptors (Lipinski definition) is 5. The number of nitrogens with one attached hydrogen (secondary N) is 3. The second kappa shape index (κ2) is 9.70. The molecule has 1 unspecified atom stereocenters. The Balaban J connectivity index is 1.57. The van der Waals surface area contributed by atoms with E-state index in [9.17, 15) is 9.59 Å². The van der Waals surface area contributed by atoms with Gasteiger partial charge in [-0.1, -0.05) is 37.5 Å². The van der Waals surface area contributed by atoms with E-state index in [0.717, 1.165) is 56.1 Å². The van der Waals surface area contributed by atoms with Gasteiger partial charge in [0.25, 0.3) is 0 Å². The maximum atomic E-state index is 13.8. The van der Waals surface area contributed by atoms with Gasteiger partial charge in [0, 0.05) is 24.0 Å². The highest BCUT2D eigenvalue weighted by atomic mass is 16.2. The summed E-state index contributed by atoms with van der Waals surface area (Å²) in [6.07, 6.45) is 10.4. The van der Waals surface area contributed by atoms with Crippen molar-refractivity contribution in [3.8, 4) is 0 Å². The molecule has 1 aliphatic heterocycles. The maximum Gasteiger partial charge on any atom is 0.248 e. The third-order valence-corrected chi connectivity index (χ3v) is 6.66. The van der Waals surface area contributed by atoms with Gasteiger partial charge < -0.3 is 15.6 Å². The normalized spacial score (nSPS) is 19.9. The Labute approximate surface area is 193 Å². The average molecular weight is 447 g/mol. The van der Waals surface area contributed by atoms with Crippen LogP contribution in [0.3, 0.4) is 0 Å². The van der Waals surface area contributed by atoms with Gasteiger partial charge in [0.05, 0.1) is 17.1 Å². The van der Waals surface area contributed by atoms with Gasteiger partial charge in [0.15, 0.2) is 0 Å². The SMILES string of the molecule is O=C(NC1CCCCC1)C(c1cccnc1)N(C(=O)[C@H]1CCCN1)c1nc2ccccc2[nH]1. The predicted molar refractivity (Wildman–Crippen MR) is 127 cm³/mol. The summed E-state index contributed by atoms with van der Waals surface area (Å²) < 4.78 is 0. The lowest BCUT2D eigenvalue weighted by Gasteiger charge is -2.33. The Kier molecular flexibility index (Phi) is 6.35. The van der Waals surface area contributed by atoms with E-state index in [4.69, 9.17) is 4.98 Å². The average Bonchev–Trinajstić information content (AvgIpc) is 3.53. The first kappa shape index (κ1) is 21.6. The second-order valence-corrected chi connectivity index (χ2v) is 8.97. The van der Waals surface area contributed by atoms with Gasteiger partial charge in [-0.25, -0.2) is 4.98 Å². The first-order valence-corrected chi connectivity index (χ1v) is 11.9. The minimum absolute atomic E-state index is 0.127. The fourth-order valence-corrected chi connectivity index (χ4v) is 4.95. The van der Waals surface area contributed by atoms with Crippen LogP contribution >= 0.6 is 0 Å². The Bertz CT molecular complexity index is 1070. The topological polar surface area (TPSA) is 103 Å². The Morgan fingerprint density at radius 3 is 2.61 bits per heavy atom. The first-order chi connectivity index (χ1) is 16.2. The highest BCUT2D eigenvalue weighted by molar-refractivity contribution is 6.03. The molecular weight excluding hydrogens is 416 g/mol. The Morgan fingerprint density at radius 2 is 1.88 bits per heavy atom. The monoisotopic (exact) mass is 446 g/mol. The number of imidazole rings is 1. The molecule has 0 bridgehead atoms. The van der Waals surface area contributed by atoms with Gasteiger partial charge in [-0.15, -0.1) is 0 Å². The fraction of sp³-hybridized carbons (Fsp3) is 0.440. The quantitative estimate of drug-likeness (QED) is 0.539. The number of nitrogens with zero attached hydrogens (tertiary/aromatic N) is 3. The molecule has 2 amide bonds. The zero-order valence-electron chi connectivity index (χ0n) is 18.7. The second-order valence-electron chi connectivity index (χ2n) is 8.97. The van der Waals surface area contributed by atoms with Crippen LogP contribution in [0, 0.1) is 0 Å². The molecule has 1 aliphatic carbocycles. The zero-order chi connectivity index (χ0) is 22.6. The number of benzene rings is 1. The lowest BCUT2D eigenvalue weighted by Crippen LogP contribution is -2.52. The predicted octanol–water partition coefficient (Wildman–Crippen LogP) is 3.23. The summed E-state index contributed by atoms with van der Waals surface area (Å²) in [5.74, 6) is 0.0310. The van der Waals surface area contributed by atoms with Gasteiger partial charge in [0.1, 0.15) is 6.04 Å². The van der Waals surface area contributed by atoms with E-state index in [-0.39, 0.29) is 23.9 Å². The van der Waals surface area contributed by atoms with Crippen LogP contribution < -0.4 is 15.5 Å². The molecule has 3 heterocycles. The van der Waals surface area contributed by atoms with Crippen molar-refractivity contribution in [3.63, 3.8) is 0 Å². The third-order valence-electron chi connectivity index (χ3n) is 6.66. The molecule has 0 radical (unpaired) electrons.